The van der Waals surface area contributed by atoms with Crippen LogP contribution in [0.2, 0.25) is 0 Å². The maximum atomic E-state index is 10.6. The van der Waals surface area contributed by atoms with Gasteiger partial charge in [-0.2, -0.15) is 0 Å². The Labute approximate surface area is 118 Å². The third-order valence-corrected chi connectivity index (χ3v) is 3.54. The number of nitro groups is 1. The van der Waals surface area contributed by atoms with Crippen LogP contribution in [0.15, 0.2) is 18.2 Å². The number of non-ortho nitro benzene ring substituents is 1. The monoisotopic (exact) mass is 317 g/mol. The molecule has 0 saturated heterocycles. The molecule has 0 spiro atoms. The van der Waals surface area contributed by atoms with Gasteiger partial charge in [0.05, 0.1) is 12.0 Å². The molecule has 0 amide bonds. The molecule has 0 aromatic heterocycles. The average Bonchev–Trinajstić information content (AvgIpc) is 2.25. The van der Waals surface area contributed by atoms with Crippen molar-refractivity contribution >= 4 is 52.1 Å². The Morgan fingerprint density at radius 1 is 1.41 bits per heavy atom. The van der Waals surface area contributed by atoms with E-state index in [0.717, 1.165) is 0 Å². The molecule has 4 nitrogen and oxygen atoms in total. The van der Waals surface area contributed by atoms with Crippen LogP contribution in [0.5, 0.6) is 5.75 Å². The lowest BCUT2D eigenvalue weighted by atomic mass is 10.1. The molecule has 0 N–H and O–H groups in total. The van der Waals surface area contributed by atoms with E-state index in [2.05, 4.69) is 0 Å². The van der Waals surface area contributed by atoms with Gasteiger partial charge in [0.2, 0.25) is 3.79 Å². The summed E-state index contributed by atoms with van der Waals surface area (Å²) < 4.78 is 3.23. The molecule has 1 aromatic carbocycles. The van der Waals surface area contributed by atoms with Crippen LogP contribution in [-0.2, 0) is 0 Å². The summed E-state index contributed by atoms with van der Waals surface area (Å²) in [5.74, 6) is 0.321. The predicted octanol–water partition coefficient (Wildman–Crippen LogP) is 4.25. The van der Waals surface area contributed by atoms with Crippen LogP contribution >= 0.6 is 46.4 Å². The van der Waals surface area contributed by atoms with Crippen LogP contribution in [0.1, 0.15) is 10.9 Å². The number of alkyl halides is 4. The van der Waals surface area contributed by atoms with Crippen LogP contribution in [0.25, 0.3) is 0 Å². The summed E-state index contributed by atoms with van der Waals surface area (Å²) in [5, 5.41) is 9.59. The van der Waals surface area contributed by atoms with Crippen molar-refractivity contribution in [3.05, 3.63) is 33.9 Å². The third-order valence-electron chi connectivity index (χ3n) is 1.98. The molecule has 0 bridgehead atoms. The summed E-state index contributed by atoms with van der Waals surface area (Å²) in [6.45, 7) is 0. The highest BCUT2D eigenvalue weighted by molar-refractivity contribution is 6.70. The fourth-order valence-electron chi connectivity index (χ4n) is 1.21. The maximum Gasteiger partial charge on any atom is 0.270 e. The van der Waals surface area contributed by atoms with E-state index in [1.54, 1.807) is 0 Å². The second-order valence-corrected chi connectivity index (χ2v) is 5.89. The Bertz CT molecular complexity index is 433. The summed E-state index contributed by atoms with van der Waals surface area (Å²) in [4.78, 5) is 10.1. The quantitative estimate of drug-likeness (QED) is 0.475. The summed E-state index contributed by atoms with van der Waals surface area (Å²) in [6, 6.07) is 3.90. The first-order chi connectivity index (χ1) is 7.77. The number of hydrogen-bond donors (Lipinski definition) is 0. The molecule has 0 heterocycles. The lowest BCUT2D eigenvalue weighted by molar-refractivity contribution is -0.384. The lowest BCUT2D eigenvalue weighted by Crippen LogP contribution is -2.12. The van der Waals surface area contributed by atoms with Gasteiger partial charge in [-0.25, -0.2) is 0 Å². The molecule has 1 rings (SSSR count). The smallest absolute Gasteiger partial charge is 0.270 e. The zero-order valence-corrected chi connectivity index (χ0v) is 11.5. The van der Waals surface area contributed by atoms with Crippen LogP contribution in [0, 0.1) is 10.1 Å². The summed E-state index contributed by atoms with van der Waals surface area (Å²) in [6.07, 6.45) is 0. The number of benzene rings is 1. The molecule has 0 aliphatic carbocycles. The van der Waals surface area contributed by atoms with Crippen molar-refractivity contribution in [3.63, 3.8) is 0 Å². The fraction of sp³-hybridized carbons (Fsp3) is 0.333. The first-order valence-electron chi connectivity index (χ1n) is 4.30. The van der Waals surface area contributed by atoms with Gasteiger partial charge in [-0.15, -0.1) is 11.6 Å². The Morgan fingerprint density at radius 2 is 2.00 bits per heavy atom. The van der Waals surface area contributed by atoms with Crippen molar-refractivity contribution in [2.45, 2.75) is 9.17 Å². The molecular formula is C9H7Cl4NO3. The van der Waals surface area contributed by atoms with Crippen molar-refractivity contribution in [2.24, 2.45) is 0 Å². The van der Waals surface area contributed by atoms with Gasteiger partial charge in [0.1, 0.15) is 11.1 Å². The minimum absolute atomic E-state index is 0.152. The largest absolute Gasteiger partial charge is 0.496 e. The van der Waals surface area contributed by atoms with Crippen LogP contribution < -0.4 is 4.74 Å². The standard InChI is InChI=1S/C9H7Cl4NO3/c1-17-7-3-2-5(14(15)16)4-6(7)8(10)9(11,12)13/h2-4,8H,1H3. The van der Waals surface area contributed by atoms with Crippen molar-refractivity contribution in [3.8, 4) is 5.75 Å². The van der Waals surface area contributed by atoms with Gasteiger partial charge in [0, 0.05) is 17.7 Å². The molecule has 0 saturated carbocycles. The zero-order chi connectivity index (χ0) is 13.2. The van der Waals surface area contributed by atoms with Gasteiger partial charge < -0.3 is 4.74 Å². The predicted molar refractivity (Wildman–Crippen MR) is 68.5 cm³/mol. The molecule has 1 atom stereocenters. The first-order valence-corrected chi connectivity index (χ1v) is 5.87. The highest BCUT2D eigenvalue weighted by Crippen LogP contribution is 2.47. The topological polar surface area (TPSA) is 52.4 Å². The summed E-state index contributed by atoms with van der Waals surface area (Å²) in [5.41, 5.74) is 0.101. The van der Waals surface area contributed by atoms with Gasteiger partial charge in [0.15, 0.2) is 0 Å². The van der Waals surface area contributed by atoms with E-state index in [-0.39, 0.29) is 11.3 Å². The zero-order valence-electron chi connectivity index (χ0n) is 8.49. The summed E-state index contributed by atoms with van der Waals surface area (Å²) >= 11 is 22.9. The lowest BCUT2D eigenvalue weighted by Gasteiger charge is -2.20. The highest BCUT2D eigenvalue weighted by Gasteiger charge is 2.35. The molecule has 0 aliphatic rings. The average molecular weight is 319 g/mol. The maximum absolute atomic E-state index is 10.6. The van der Waals surface area contributed by atoms with Crippen molar-refractivity contribution in [2.75, 3.05) is 7.11 Å². The van der Waals surface area contributed by atoms with Gasteiger partial charge in [-0.3, -0.25) is 10.1 Å². The number of nitrogens with zero attached hydrogens (tertiary/aromatic N) is 1. The van der Waals surface area contributed by atoms with E-state index in [1.165, 1.54) is 25.3 Å². The molecule has 8 heteroatoms. The number of halogens is 4. The normalized spacial score (nSPS) is 13.2. The van der Waals surface area contributed by atoms with Crippen LogP contribution in [-0.4, -0.2) is 15.8 Å². The van der Waals surface area contributed by atoms with Gasteiger partial charge in [-0.1, -0.05) is 34.8 Å². The molecule has 1 unspecified atom stereocenters. The minimum atomic E-state index is -1.79. The molecule has 1 aromatic rings. The number of hydrogen-bond acceptors (Lipinski definition) is 3. The molecule has 94 valence electrons. The minimum Gasteiger partial charge on any atom is -0.496 e. The van der Waals surface area contributed by atoms with Crippen molar-refractivity contribution in [1.29, 1.82) is 0 Å². The van der Waals surface area contributed by atoms with E-state index in [0.29, 0.717) is 5.75 Å². The van der Waals surface area contributed by atoms with Crippen molar-refractivity contribution < 1.29 is 9.66 Å². The Kier molecular flexibility index (Phi) is 4.72. The Morgan fingerprint density at radius 3 is 2.41 bits per heavy atom. The Balaban J connectivity index is 3.28. The number of rotatable bonds is 3. The van der Waals surface area contributed by atoms with E-state index in [4.69, 9.17) is 51.1 Å². The second kappa shape index (κ2) is 5.48. The number of methoxy groups -OCH3 is 1. The molecule has 0 radical (unpaired) electrons. The van der Waals surface area contributed by atoms with E-state index >= 15 is 0 Å². The fourth-order valence-corrected chi connectivity index (χ4v) is 1.73. The molecule has 0 fully saturated rings. The van der Waals surface area contributed by atoms with E-state index in [1.807, 2.05) is 0 Å². The van der Waals surface area contributed by atoms with Gasteiger partial charge in [0.25, 0.3) is 5.69 Å². The molecule has 17 heavy (non-hydrogen) atoms. The molecule has 0 aliphatic heterocycles. The SMILES string of the molecule is COc1ccc([N+](=O)[O-])cc1C(Cl)C(Cl)(Cl)Cl. The number of ether oxygens (including phenoxy) is 1. The first kappa shape index (κ1) is 14.6. The van der Waals surface area contributed by atoms with E-state index < -0.39 is 14.1 Å². The van der Waals surface area contributed by atoms with E-state index in [9.17, 15) is 10.1 Å². The third kappa shape index (κ3) is 3.52. The van der Waals surface area contributed by atoms with Gasteiger partial charge >= 0.3 is 0 Å². The molecular weight excluding hydrogens is 312 g/mol. The highest BCUT2D eigenvalue weighted by atomic mass is 35.6. The van der Waals surface area contributed by atoms with Crippen LogP contribution in [0.4, 0.5) is 5.69 Å². The van der Waals surface area contributed by atoms with Crippen LogP contribution in [0.3, 0.4) is 0 Å². The second-order valence-electron chi connectivity index (χ2n) is 3.09. The summed E-state index contributed by atoms with van der Waals surface area (Å²) in [7, 11) is 1.40. The Hall–Kier alpha value is -0.420. The van der Waals surface area contributed by atoms with Crippen molar-refractivity contribution in [1.82, 2.24) is 0 Å². The number of nitro benzene ring substituents is 1. The van der Waals surface area contributed by atoms with Gasteiger partial charge in [-0.05, 0) is 6.07 Å².